The predicted molar refractivity (Wildman–Crippen MR) is 95.7 cm³/mol. The number of rotatable bonds is 4. The molecule has 4 nitrogen and oxygen atoms in total. The van der Waals surface area contributed by atoms with Gasteiger partial charge in [0.25, 0.3) is 0 Å². The second kappa shape index (κ2) is 6.20. The standard InChI is InChI=1S/C15H14Cl2N4S/c1-2-19-21-15(22)12-7-18-14-11(12)6-13(20-14)8-3-9(16)5-10(17)4-8/h3-7,18-20H,2H2,1H3,(H,21,22)/p-1. The van der Waals surface area contributed by atoms with E-state index in [1.807, 2.05) is 31.3 Å². The van der Waals surface area contributed by atoms with Gasteiger partial charge in [0.05, 0.1) is 0 Å². The van der Waals surface area contributed by atoms with E-state index < -0.39 is 0 Å². The molecule has 3 N–H and O–H groups in total. The fourth-order valence-corrected chi connectivity index (χ4v) is 3.02. The molecule has 0 bridgehead atoms. The fourth-order valence-electron chi connectivity index (χ4n) is 2.26. The average molecular weight is 352 g/mol. The number of aromatic nitrogens is 2. The second-order valence-electron chi connectivity index (χ2n) is 4.76. The Kier molecular flexibility index (Phi) is 4.29. The monoisotopic (exact) mass is 351 g/mol. The Labute approximate surface area is 143 Å². The average Bonchev–Trinajstić information content (AvgIpc) is 3.03. The first-order valence-corrected chi connectivity index (χ1v) is 7.89. The Morgan fingerprint density at radius 2 is 1.95 bits per heavy atom. The molecular formula is C15H13Cl2N4S-. The van der Waals surface area contributed by atoms with Crippen molar-refractivity contribution in [3.63, 3.8) is 0 Å². The summed E-state index contributed by atoms with van der Waals surface area (Å²) in [5, 5.41) is 6.84. The molecule has 2 aromatic heterocycles. The normalized spacial score (nSPS) is 12.0. The molecule has 3 rings (SSSR count). The van der Waals surface area contributed by atoms with E-state index in [1.165, 1.54) is 0 Å². The number of aromatic amines is 2. The minimum Gasteiger partial charge on any atom is -0.758 e. The van der Waals surface area contributed by atoms with Gasteiger partial charge in [0, 0.05) is 45.0 Å². The summed E-state index contributed by atoms with van der Waals surface area (Å²) in [5.74, 6) is 0. The van der Waals surface area contributed by atoms with Crippen molar-refractivity contribution in [3.05, 3.63) is 46.1 Å². The van der Waals surface area contributed by atoms with Crippen molar-refractivity contribution in [2.45, 2.75) is 6.92 Å². The quantitative estimate of drug-likeness (QED) is 0.284. The predicted octanol–water partition coefficient (Wildman–Crippen LogP) is 4.29. The zero-order valence-corrected chi connectivity index (χ0v) is 14.0. The Morgan fingerprint density at radius 1 is 1.23 bits per heavy atom. The van der Waals surface area contributed by atoms with Crippen LogP contribution in [0.3, 0.4) is 0 Å². The summed E-state index contributed by atoms with van der Waals surface area (Å²) in [5.41, 5.74) is 6.47. The zero-order chi connectivity index (χ0) is 15.7. The second-order valence-corrected chi connectivity index (χ2v) is 6.02. The van der Waals surface area contributed by atoms with Gasteiger partial charge >= 0.3 is 0 Å². The molecule has 0 saturated heterocycles. The van der Waals surface area contributed by atoms with E-state index in [-0.39, 0.29) is 0 Å². The number of H-pyrrole nitrogens is 2. The van der Waals surface area contributed by atoms with Gasteiger partial charge in [0.1, 0.15) is 5.65 Å². The van der Waals surface area contributed by atoms with Gasteiger partial charge in [0.15, 0.2) is 0 Å². The maximum absolute atomic E-state index is 6.06. The van der Waals surface area contributed by atoms with Crippen LogP contribution in [0.15, 0.2) is 35.6 Å². The molecule has 1 aromatic carbocycles. The minimum absolute atomic E-state index is 0.516. The number of fused-ring (bicyclic) bond motifs is 1. The lowest BCUT2D eigenvalue weighted by Gasteiger charge is -2.09. The van der Waals surface area contributed by atoms with Crippen molar-refractivity contribution in [1.29, 1.82) is 0 Å². The first kappa shape index (κ1) is 15.2. The topological polar surface area (TPSA) is 56.0 Å². The highest BCUT2D eigenvalue weighted by Gasteiger charge is 2.10. The zero-order valence-electron chi connectivity index (χ0n) is 11.7. The van der Waals surface area contributed by atoms with Crippen molar-refractivity contribution < 1.29 is 0 Å². The van der Waals surface area contributed by atoms with E-state index in [1.54, 1.807) is 6.07 Å². The molecule has 0 saturated carbocycles. The summed E-state index contributed by atoms with van der Waals surface area (Å²) in [4.78, 5) is 6.47. The van der Waals surface area contributed by atoms with Crippen LogP contribution >= 0.6 is 23.2 Å². The number of benzene rings is 1. The van der Waals surface area contributed by atoms with Crippen LogP contribution < -0.4 is 5.43 Å². The number of nitrogens with one attached hydrogen (secondary N) is 3. The SMILES string of the molecule is CCNN=C([S-])c1c[nH]c2[nH]c(-c3cc(Cl)cc(Cl)c3)cc12. The molecular weight excluding hydrogens is 339 g/mol. The summed E-state index contributed by atoms with van der Waals surface area (Å²) in [6.45, 7) is 2.70. The van der Waals surface area contributed by atoms with Gasteiger partial charge in [0.2, 0.25) is 0 Å². The third-order valence-electron chi connectivity index (χ3n) is 3.21. The molecule has 0 unspecified atom stereocenters. The van der Waals surface area contributed by atoms with Crippen LogP contribution in [0.4, 0.5) is 0 Å². The summed E-state index contributed by atoms with van der Waals surface area (Å²) < 4.78 is 0. The highest BCUT2D eigenvalue weighted by Crippen LogP contribution is 2.30. The minimum atomic E-state index is 0.516. The highest BCUT2D eigenvalue weighted by molar-refractivity contribution is 7.78. The smallest absolute Gasteiger partial charge is 0.115 e. The molecule has 0 atom stereocenters. The van der Waals surface area contributed by atoms with Crippen LogP contribution in [0.25, 0.3) is 22.3 Å². The van der Waals surface area contributed by atoms with Gasteiger partial charge in [-0.2, -0.15) is 0 Å². The van der Waals surface area contributed by atoms with E-state index in [0.29, 0.717) is 15.1 Å². The number of hydrogen-bond acceptors (Lipinski definition) is 3. The molecule has 3 aromatic rings. The Balaban J connectivity index is 2.05. The van der Waals surface area contributed by atoms with Gasteiger partial charge in [-0.1, -0.05) is 28.2 Å². The van der Waals surface area contributed by atoms with E-state index in [0.717, 1.165) is 34.4 Å². The van der Waals surface area contributed by atoms with Crippen molar-refractivity contribution in [3.8, 4) is 11.3 Å². The van der Waals surface area contributed by atoms with Gasteiger partial charge in [-0.25, -0.2) is 5.10 Å². The largest absolute Gasteiger partial charge is 0.758 e. The van der Waals surface area contributed by atoms with Crippen molar-refractivity contribution in [2.75, 3.05) is 6.54 Å². The molecule has 0 aliphatic heterocycles. The van der Waals surface area contributed by atoms with E-state index in [4.69, 9.17) is 35.8 Å². The molecule has 0 aliphatic rings. The lowest BCUT2D eigenvalue weighted by Crippen LogP contribution is -2.08. The fraction of sp³-hybridized carbons (Fsp3) is 0.133. The number of hydrogen-bond donors (Lipinski definition) is 3. The number of hydrazone groups is 1. The molecule has 2 heterocycles. The van der Waals surface area contributed by atoms with Crippen molar-refractivity contribution in [2.24, 2.45) is 5.10 Å². The third-order valence-corrected chi connectivity index (χ3v) is 3.96. The van der Waals surface area contributed by atoms with E-state index in [9.17, 15) is 0 Å². The van der Waals surface area contributed by atoms with Crippen molar-refractivity contribution in [1.82, 2.24) is 15.4 Å². The number of nitrogens with zero attached hydrogens (tertiary/aromatic N) is 1. The summed E-state index contributed by atoms with van der Waals surface area (Å²) >= 11 is 17.5. The van der Waals surface area contributed by atoms with Gasteiger partial charge in [-0.3, -0.25) is 0 Å². The molecule has 114 valence electrons. The molecule has 0 spiro atoms. The number of halogens is 2. The van der Waals surface area contributed by atoms with Gasteiger partial charge in [-0.15, -0.1) is 0 Å². The molecule has 22 heavy (non-hydrogen) atoms. The van der Waals surface area contributed by atoms with Crippen LogP contribution in [0, 0.1) is 0 Å². The summed E-state index contributed by atoms with van der Waals surface area (Å²) in [6, 6.07) is 7.44. The molecule has 0 amide bonds. The van der Waals surface area contributed by atoms with E-state index >= 15 is 0 Å². The maximum atomic E-state index is 6.06. The van der Waals surface area contributed by atoms with Crippen LogP contribution in [0.1, 0.15) is 12.5 Å². The molecule has 0 radical (unpaired) electrons. The molecule has 0 aliphatic carbocycles. The van der Waals surface area contributed by atoms with Crippen molar-refractivity contribution >= 4 is 51.9 Å². The van der Waals surface area contributed by atoms with Crippen LogP contribution in [0.5, 0.6) is 0 Å². The lowest BCUT2D eigenvalue weighted by molar-refractivity contribution is 0.787. The first-order chi connectivity index (χ1) is 10.6. The van der Waals surface area contributed by atoms with Gasteiger partial charge < -0.3 is 28.0 Å². The molecule has 7 heteroatoms. The van der Waals surface area contributed by atoms with Crippen LogP contribution in [-0.2, 0) is 12.6 Å². The Hall–Kier alpha value is -1.69. The first-order valence-electron chi connectivity index (χ1n) is 6.73. The Morgan fingerprint density at radius 3 is 2.64 bits per heavy atom. The Bertz CT molecular complexity index is 830. The van der Waals surface area contributed by atoms with Gasteiger partial charge in [-0.05, 0) is 31.2 Å². The van der Waals surface area contributed by atoms with E-state index in [2.05, 4.69) is 20.5 Å². The van der Waals surface area contributed by atoms with Crippen LogP contribution in [-0.4, -0.2) is 21.6 Å². The summed E-state index contributed by atoms with van der Waals surface area (Å²) in [6.07, 6.45) is 1.85. The lowest BCUT2D eigenvalue weighted by atomic mass is 10.1. The third kappa shape index (κ3) is 2.92. The van der Waals surface area contributed by atoms with Crippen LogP contribution in [0.2, 0.25) is 10.0 Å². The molecule has 0 fully saturated rings. The highest BCUT2D eigenvalue weighted by atomic mass is 35.5. The summed E-state index contributed by atoms with van der Waals surface area (Å²) in [7, 11) is 0. The maximum Gasteiger partial charge on any atom is 0.115 e.